The minimum Gasteiger partial charge on any atom is -0.480 e. The SMILES string of the molecule is Cc1ccc([N+](=O)[O-])c(N2CC(O)CC2C(=O)O)n1. The van der Waals surface area contributed by atoms with Gasteiger partial charge in [-0.15, -0.1) is 0 Å². The number of nitro groups is 1. The number of aromatic nitrogens is 1. The van der Waals surface area contributed by atoms with Gasteiger partial charge in [-0.2, -0.15) is 0 Å². The van der Waals surface area contributed by atoms with E-state index in [9.17, 15) is 20.0 Å². The van der Waals surface area contributed by atoms with Crippen LogP contribution in [-0.2, 0) is 4.79 Å². The van der Waals surface area contributed by atoms with E-state index in [2.05, 4.69) is 4.98 Å². The van der Waals surface area contributed by atoms with Crippen LogP contribution < -0.4 is 4.90 Å². The van der Waals surface area contributed by atoms with E-state index in [-0.39, 0.29) is 24.5 Å². The number of carboxylic acid groups (broad SMARTS) is 1. The van der Waals surface area contributed by atoms with E-state index < -0.39 is 23.0 Å². The van der Waals surface area contributed by atoms with Crippen LogP contribution in [0.4, 0.5) is 11.5 Å². The zero-order chi connectivity index (χ0) is 14.2. The van der Waals surface area contributed by atoms with E-state index in [1.165, 1.54) is 17.0 Å². The van der Waals surface area contributed by atoms with Gasteiger partial charge in [-0.3, -0.25) is 10.1 Å². The molecule has 19 heavy (non-hydrogen) atoms. The summed E-state index contributed by atoms with van der Waals surface area (Å²) in [7, 11) is 0. The first kappa shape index (κ1) is 13.2. The quantitative estimate of drug-likeness (QED) is 0.598. The maximum atomic E-state index is 11.1. The Balaban J connectivity index is 2.47. The Labute approximate surface area is 108 Å². The maximum Gasteiger partial charge on any atom is 0.326 e. The van der Waals surface area contributed by atoms with Crippen LogP contribution in [-0.4, -0.2) is 44.8 Å². The third kappa shape index (κ3) is 2.48. The highest BCUT2D eigenvalue weighted by atomic mass is 16.6. The highest BCUT2D eigenvalue weighted by Gasteiger charge is 2.39. The van der Waals surface area contributed by atoms with Gasteiger partial charge in [-0.1, -0.05) is 0 Å². The molecule has 0 aliphatic carbocycles. The lowest BCUT2D eigenvalue weighted by Gasteiger charge is -2.22. The van der Waals surface area contributed by atoms with Crippen LogP contribution in [0.15, 0.2) is 12.1 Å². The van der Waals surface area contributed by atoms with E-state index >= 15 is 0 Å². The molecule has 2 heterocycles. The Bertz CT molecular complexity index is 533. The Hall–Kier alpha value is -2.22. The number of anilines is 1. The summed E-state index contributed by atoms with van der Waals surface area (Å²) in [5, 5.41) is 29.7. The number of hydrogen-bond donors (Lipinski definition) is 2. The van der Waals surface area contributed by atoms with Crippen molar-refractivity contribution in [2.45, 2.75) is 25.5 Å². The van der Waals surface area contributed by atoms with Crippen LogP contribution in [0.3, 0.4) is 0 Å². The summed E-state index contributed by atoms with van der Waals surface area (Å²) in [4.78, 5) is 26.8. The van der Waals surface area contributed by atoms with Gasteiger partial charge in [0, 0.05) is 24.7 Å². The Morgan fingerprint density at radius 1 is 1.58 bits per heavy atom. The molecule has 1 fully saturated rings. The Morgan fingerprint density at radius 3 is 2.84 bits per heavy atom. The van der Waals surface area contributed by atoms with Crippen molar-refractivity contribution in [1.82, 2.24) is 4.98 Å². The highest BCUT2D eigenvalue weighted by molar-refractivity contribution is 5.80. The average Bonchev–Trinajstić information content (AvgIpc) is 2.70. The van der Waals surface area contributed by atoms with Crippen LogP contribution in [0, 0.1) is 17.0 Å². The molecule has 2 rings (SSSR count). The van der Waals surface area contributed by atoms with Crippen LogP contribution in [0.1, 0.15) is 12.1 Å². The molecule has 102 valence electrons. The van der Waals surface area contributed by atoms with Gasteiger partial charge in [0.1, 0.15) is 6.04 Å². The fourth-order valence-electron chi connectivity index (χ4n) is 2.17. The largest absolute Gasteiger partial charge is 0.480 e. The summed E-state index contributed by atoms with van der Waals surface area (Å²) in [6.07, 6.45) is -0.801. The number of hydrogen-bond acceptors (Lipinski definition) is 6. The molecular formula is C11H13N3O5. The first-order valence-electron chi connectivity index (χ1n) is 5.69. The summed E-state index contributed by atoms with van der Waals surface area (Å²) in [5.41, 5.74) is 0.289. The van der Waals surface area contributed by atoms with Gasteiger partial charge >= 0.3 is 11.7 Å². The number of β-amino-alcohol motifs (C(OH)–C–C–N with tert-alkyl or cyclic N) is 1. The lowest BCUT2D eigenvalue weighted by Crippen LogP contribution is -2.37. The van der Waals surface area contributed by atoms with Crippen molar-refractivity contribution in [1.29, 1.82) is 0 Å². The lowest BCUT2D eigenvalue weighted by atomic mass is 10.2. The number of aliphatic hydroxyl groups excluding tert-OH is 1. The first-order chi connectivity index (χ1) is 8.90. The van der Waals surface area contributed by atoms with Gasteiger partial charge in [0.25, 0.3) is 0 Å². The number of aliphatic carboxylic acids is 1. The molecule has 8 heteroatoms. The molecule has 1 aliphatic rings. The van der Waals surface area contributed by atoms with Gasteiger partial charge in [0.2, 0.25) is 5.82 Å². The highest BCUT2D eigenvalue weighted by Crippen LogP contribution is 2.32. The standard InChI is InChI=1S/C11H13N3O5/c1-6-2-3-8(14(18)19)10(12-6)13-5-7(15)4-9(13)11(16)17/h2-3,7,9,15H,4-5H2,1H3,(H,16,17). The molecule has 0 radical (unpaired) electrons. The van der Waals surface area contributed by atoms with Crippen LogP contribution in [0.25, 0.3) is 0 Å². The summed E-state index contributed by atoms with van der Waals surface area (Å²) in [5.74, 6) is -1.14. The average molecular weight is 267 g/mol. The number of rotatable bonds is 3. The van der Waals surface area contributed by atoms with Gasteiger partial charge in [-0.05, 0) is 13.0 Å². The predicted octanol–water partition coefficient (Wildman–Crippen LogP) is 0.322. The van der Waals surface area contributed by atoms with E-state index in [0.717, 1.165) is 0 Å². The summed E-state index contributed by atoms with van der Waals surface area (Å²) in [6, 6.07) is 1.79. The molecular weight excluding hydrogens is 254 g/mol. The molecule has 0 saturated carbocycles. The second-order valence-corrected chi connectivity index (χ2v) is 4.45. The van der Waals surface area contributed by atoms with Crippen molar-refractivity contribution < 1.29 is 19.9 Å². The molecule has 0 amide bonds. The maximum absolute atomic E-state index is 11.1. The van der Waals surface area contributed by atoms with Crippen molar-refractivity contribution in [2.24, 2.45) is 0 Å². The smallest absolute Gasteiger partial charge is 0.326 e. The molecule has 0 spiro atoms. The molecule has 1 aromatic rings. The third-order valence-electron chi connectivity index (χ3n) is 3.03. The second kappa shape index (κ2) is 4.81. The third-order valence-corrected chi connectivity index (χ3v) is 3.03. The molecule has 2 N–H and O–H groups in total. The predicted molar refractivity (Wildman–Crippen MR) is 65.0 cm³/mol. The van der Waals surface area contributed by atoms with Gasteiger partial charge in [0.15, 0.2) is 0 Å². The molecule has 1 aliphatic heterocycles. The summed E-state index contributed by atoms with van der Waals surface area (Å²) >= 11 is 0. The van der Waals surface area contributed by atoms with Gasteiger partial charge < -0.3 is 15.1 Å². The van der Waals surface area contributed by atoms with E-state index in [1.54, 1.807) is 6.92 Å². The fraction of sp³-hybridized carbons (Fsp3) is 0.455. The first-order valence-corrected chi connectivity index (χ1v) is 5.69. The topological polar surface area (TPSA) is 117 Å². The molecule has 1 saturated heterocycles. The number of carboxylic acids is 1. The van der Waals surface area contributed by atoms with Crippen LogP contribution in [0.5, 0.6) is 0 Å². The van der Waals surface area contributed by atoms with Crippen LogP contribution >= 0.6 is 0 Å². The lowest BCUT2D eigenvalue weighted by molar-refractivity contribution is -0.384. The molecule has 1 aromatic heterocycles. The molecule has 2 unspecified atom stereocenters. The van der Waals surface area contributed by atoms with Crippen molar-refractivity contribution in [3.05, 3.63) is 27.9 Å². The molecule has 2 atom stereocenters. The van der Waals surface area contributed by atoms with Gasteiger partial charge in [0.05, 0.1) is 11.0 Å². The summed E-state index contributed by atoms with van der Waals surface area (Å²) < 4.78 is 0. The monoisotopic (exact) mass is 267 g/mol. The van der Waals surface area contributed by atoms with E-state index in [4.69, 9.17) is 5.11 Å². The second-order valence-electron chi connectivity index (χ2n) is 4.45. The minimum absolute atomic E-state index is 0.00560. The number of carbonyl (C=O) groups is 1. The van der Waals surface area contributed by atoms with Crippen molar-refractivity contribution in [3.63, 3.8) is 0 Å². The van der Waals surface area contributed by atoms with Crippen molar-refractivity contribution in [2.75, 3.05) is 11.4 Å². The number of aliphatic hydroxyl groups is 1. The summed E-state index contributed by atoms with van der Waals surface area (Å²) in [6.45, 7) is 1.68. The molecule has 8 nitrogen and oxygen atoms in total. The molecule has 0 bridgehead atoms. The Kier molecular flexibility index (Phi) is 3.34. The van der Waals surface area contributed by atoms with Crippen molar-refractivity contribution >= 4 is 17.5 Å². The number of aryl methyl sites for hydroxylation is 1. The van der Waals surface area contributed by atoms with E-state index in [1.807, 2.05) is 0 Å². The van der Waals surface area contributed by atoms with Crippen molar-refractivity contribution in [3.8, 4) is 0 Å². The normalized spacial score (nSPS) is 22.5. The van der Waals surface area contributed by atoms with Crippen LogP contribution in [0.2, 0.25) is 0 Å². The van der Waals surface area contributed by atoms with Gasteiger partial charge in [-0.25, -0.2) is 9.78 Å². The number of nitrogens with zero attached hydrogens (tertiary/aromatic N) is 3. The Morgan fingerprint density at radius 2 is 2.26 bits per heavy atom. The fourth-order valence-corrected chi connectivity index (χ4v) is 2.17. The molecule has 0 aromatic carbocycles. The zero-order valence-electron chi connectivity index (χ0n) is 10.2. The minimum atomic E-state index is -1.13. The zero-order valence-corrected chi connectivity index (χ0v) is 10.2. The van der Waals surface area contributed by atoms with E-state index in [0.29, 0.717) is 5.69 Å². The number of pyridine rings is 1.